The first kappa shape index (κ1) is 11.0. The van der Waals surface area contributed by atoms with E-state index in [1.807, 2.05) is 4.90 Å². The van der Waals surface area contributed by atoms with E-state index in [0.29, 0.717) is 25.2 Å². The lowest BCUT2D eigenvalue weighted by Gasteiger charge is -2.36. The first-order valence-corrected chi connectivity index (χ1v) is 4.95. The number of hydrogen-bond acceptors (Lipinski definition) is 2. The number of benzene rings is 1. The summed E-state index contributed by atoms with van der Waals surface area (Å²) in [4.78, 5) is 12.4. The van der Waals surface area contributed by atoms with Crippen LogP contribution in [-0.4, -0.2) is 29.1 Å². The van der Waals surface area contributed by atoms with Crippen molar-refractivity contribution >= 4 is 5.97 Å². The molecule has 1 N–H and O–H groups in total. The molecule has 0 atom stereocenters. The molecule has 0 radical (unpaired) electrons. The molecule has 0 bridgehead atoms. The molecule has 86 valence electrons. The molecule has 0 saturated carbocycles. The summed E-state index contributed by atoms with van der Waals surface area (Å²) in [7, 11) is 0. The fraction of sp³-hybridized carbons (Fsp3) is 0.364. The Morgan fingerprint density at radius 1 is 1.44 bits per heavy atom. The van der Waals surface area contributed by atoms with E-state index in [9.17, 15) is 13.6 Å². The Morgan fingerprint density at radius 2 is 2.12 bits per heavy atom. The summed E-state index contributed by atoms with van der Waals surface area (Å²) in [6.45, 7) is 1.17. The second-order valence-electron chi connectivity index (χ2n) is 3.96. The second-order valence-corrected chi connectivity index (χ2v) is 3.96. The topological polar surface area (TPSA) is 40.5 Å². The third kappa shape index (κ3) is 2.19. The van der Waals surface area contributed by atoms with Crippen molar-refractivity contribution in [1.29, 1.82) is 0 Å². The lowest BCUT2D eigenvalue weighted by Crippen LogP contribution is -2.49. The number of rotatable bonds is 3. The largest absolute Gasteiger partial charge is 0.481 e. The summed E-state index contributed by atoms with van der Waals surface area (Å²) in [5.41, 5.74) is 0.394. The molecule has 0 aliphatic carbocycles. The van der Waals surface area contributed by atoms with Gasteiger partial charge in [0.05, 0.1) is 5.92 Å². The minimum atomic E-state index is -0.823. The van der Waals surface area contributed by atoms with Gasteiger partial charge in [0.15, 0.2) is 0 Å². The maximum Gasteiger partial charge on any atom is 0.309 e. The Balaban J connectivity index is 1.94. The van der Waals surface area contributed by atoms with Crippen molar-refractivity contribution in [3.63, 3.8) is 0 Å². The number of likely N-dealkylation sites (tertiary alicyclic amines) is 1. The number of carboxylic acid groups (broad SMARTS) is 1. The maximum atomic E-state index is 13.2. The van der Waals surface area contributed by atoms with Crippen molar-refractivity contribution in [3.8, 4) is 0 Å². The molecule has 1 aliphatic heterocycles. The zero-order valence-corrected chi connectivity index (χ0v) is 8.49. The van der Waals surface area contributed by atoms with Gasteiger partial charge in [0.1, 0.15) is 11.6 Å². The molecule has 1 heterocycles. The van der Waals surface area contributed by atoms with Crippen LogP contribution >= 0.6 is 0 Å². The zero-order chi connectivity index (χ0) is 11.7. The normalized spacial score (nSPS) is 17.1. The van der Waals surface area contributed by atoms with Gasteiger partial charge in [0.2, 0.25) is 0 Å². The number of carbonyl (C=O) groups is 1. The molecule has 0 spiro atoms. The van der Waals surface area contributed by atoms with Crippen LogP contribution in [0.4, 0.5) is 8.78 Å². The van der Waals surface area contributed by atoms with E-state index in [1.54, 1.807) is 0 Å². The van der Waals surface area contributed by atoms with Gasteiger partial charge in [-0.25, -0.2) is 8.78 Å². The van der Waals surface area contributed by atoms with Crippen molar-refractivity contribution in [2.45, 2.75) is 6.54 Å². The molecule has 5 heteroatoms. The SMILES string of the molecule is O=C(O)C1CN(Cc2ccc(F)cc2F)C1. The molecule has 1 saturated heterocycles. The Labute approximate surface area is 91.3 Å². The van der Waals surface area contributed by atoms with Crippen molar-refractivity contribution in [2.75, 3.05) is 13.1 Å². The van der Waals surface area contributed by atoms with Gasteiger partial charge in [0, 0.05) is 31.3 Å². The van der Waals surface area contributed by atoms with Crippen molar-refractivity contribution in [3.05, 3.63) is 35.4 Å². The van der Waals surface area contributed by atoms with E-state index in [0.717, 1.165) is 6.07 Å². The molecular formula is C11H11F2NO2. The minimum Gasteiger partial charge on any atom is -0.481 e. The highest BCUT2D eigenvalue weighted by Gasteiger charge is 2.32. The molecule has 0 amide bonds. The minimum absolute atomic E-state index is 0.329. The van der Waals surface area contributed by atoms with Crippen molar-refractivity contribution in [1.82, 2.24) is 4.90 Å². The van der Waals surface area contributed by atoms with Gasteiger partial charge in [0.25, 0.3) is 0 Å². The number of nitrogens with zero attached hydrogens (tertiary/aromatic N) is 1. The molecular weight excluding hydrogens is 216 g/mol. The molecule has 1 fully saturated rings. The summed E-state index contributed by atoms with van der Waals surface area (Å²) >= 11 is 0. The molecule has 1 aromatic carbocycles. The predicted molar refractivity (Wildman–Crippen MR) is 52.8 cm³/mol. The van der Waals surface area contributed by atoms with Gasteiger partial charge in [-0.2, -0.15) is 0 Å². The van der Waals surface area contributed by atoms with Crippen LogP contribution in [0.25, 0.3) is 0 Å². The number of aliphatic carboxylic acids is 1. The average molecular weight is 227 g/mol. The quantitative estimate of drug-likeness (QED) is 0.850. The standard InChI is InChI=1S/C11H11F2NO2/c12-9-2-1-7(10(13)3-9)4-14-5-8(6-14)11(15)16/h1-3,8H,4-6H2,(H,15,16). The van der Waals surface area contributed by atoms with Crippen LogP contribution < -0.4 is 0 Å². The lowest BCUT2D eigenvalue weighted by molar-refractivity contribution is -0.147. The van der Waals surface area contributed by atoms with Gasteiger partial charge in [-0.3, -0.25) is 9.69 Å². The van der Waals surface area contributed by atoms with E-state index >= 15 is 0 Å². The number of halogens is 2. The van der Waals surface area contributed by atoms with E-state index in [4.69, 9.17) is 5.11 Å². The summed E-state index contributed by atoms with van der Waals surface area (Å²) in [5, 5.41) is 8.66. The molecule has 1 aromatic rings. The zero-order valence-electron chi connectivity index (χ0n) is 8.49. The van der Waals surface area contributed by atoms with Gasteiger partial charge < -0.3 is 5.11 Å². The highest BCUT2D eigenvalue weighted by molar-refractivity contribution is 5.71. The number of hydrogen-bond donors (Lipinski definition) is 1. The van der Waals surface area contributed by atoms with Gasteiger partial charge >= 0.3 is 5.97 Å². The number of carboxylic acids is 1. The van der Waals surface area contributed by atoms with E-state index in [2.05, 4.69) is 0 Å². The molecule has 0 aromatic heterocycles. The highest BCUT2D eigenvalue weighted by Crippen LogP contribution is 2.20. The van der Waals surface area contributed by atoms with Crippen LogP contribution in [0.1, 0.15) is 5.56 Å². The van der Waals surface area contributed by atoms with Crippen LogP contribution in [0.3, 0.4) is 0 Å². The Hall–Kier alpha value is -1.49. The summed E-state index contributed by atoms with van der Waals surface area (Å²) in [5.74, 6) is -2.37. The van der Waals surface area contributed by atoms with Gasteiger partial charge in [-0.05, 0) is 6.07 Å². The highest BCUT2D eigenvalue weighted by atomic mass is 19.1. The van der Waals surface area contributed by atoms with Crippen LogP contribution in [-0.2, 0) is 11.3 Å². The smallest absolute Gasteiger partial charge is 0.309 e. The Kier molecular flexibility index (Phi) is 2.87. The Morgan fingerprint density at radius 3 is 2.69 bits per heavy atom. The van der Waals surface area contributed by atoms with Crippen LogP contribution in [0, 0.1) is 17.6 Å². The second kappa shape index (κ2) is 4.17. The molecule has 3 nitrogen and oxygen atoms in total. The molecule has 1 aliphatic rings. The Bertz CT molecular complexity index is 416. The fourth-order valence-electron chi connectivity index (χ4n) is 1.75. The first-order chi connectivity index (χ1) is 7.56. The monoisotopic (exact) mass is 227 g/mol. The van der Waals surface area contributed by atoms with Gasteiger partial charge in [-0.1, -0.05) is 6.07 Å². The van der Waals surface area contributed by atoms with E-state index < -0.39 is 17.6 Å². The third-order valence-corrected chi connectivity index (χ3v) is 2.72. The summed E-state index contributed by atoms with van der Waals surface area (Å²) < 4.78 is 25.9. The summed E-state index contributed by atoms with van der Waals surface area (Å²) in [6, 6.07) is 3.43. The van der Waals surface area contributed by atoms with Crippen molar-refractivity contribution < 1.29 is 18.7 Å². The van der Waals surface area contributed by atoms with Crippen LogP contribution in [0.2, 0.25) is 0 Å². The average Bonchev–Trinajstić information content (AvgIpc) is 2.12. The van der Waals surface area contributed by atoms with Crippen LogP contribution in [0.15, 0.2) is 18.2 Å². The fourth-order valence-corrected chi connectivity index (χ4v) is 1.75. The van der Waals surface area contributed by atoms with E-state index in [-0.39, 0.29) is 5.92 Å². The first-order valence-electron chi connectivity index (χ1n) is 4.95. The maximum absolute atomic E-state index is 13.2. The van der Waals surface area contributed by atoms with E-state index in [1.165, 1.54) is 12.1 Å². The predicted octanol–water partition coefficient (Wildman–Crippen LogP) is 1.48. The molecule has 16 heavy (non-hydrogen) atoms. The van der Waals surface area contributed by atoms with Gasteiger partial charge in [-0.15, -0.1) is 0 Å². The van der Waals surface area contributed by atoms with Crippen LogP contribution in [0.5, 0.6) is 0 Å². The lowest BCUT2D eigenvalue weighted by atomic mass is 9.99. The third-order valence-electron chi connectivity index (χ3n) is 2.72. The molecule has 0 unspecified atom stereocenters. The van der Waals surface area contributed by atoms with Crippen molar-refractivity contribution in [2.24, 2.45) is 5.92 Å². The summed E-state index contributed by atoms with van der Waals surface area (Å²) in [6.07, 6.45) is 0. The molecule has 2 rings (SSSR count).